The second-order valence-corrected chi connectivity index (χ2v) is 10.5. The van der Waals surface area contributed by atoms with Crippen molar-refractivity contribution in [3.63, 3.8) is 0 Å². The number of rotatable bonds is 3. The molecule has 2 amide bonds. The summed E-state index contributed by atoms with van der Waals surface area (Å²) in [6.07, 6.45) is 11.7. The van der Waals surface area contributed by atoms with E-state index in [0.717, 1.165) is 50.4 Å². The minimum absolute atomic E-state index is 0.0373. The number of fused-ring (bicyclic) bond motifs is 4. The van der Waals surface area contributed by atoms with E-state index in [9.17, 15) is 9.59 Å². The first kappa shape index (κ1) is 20.9. The van der Waals surface area contributed by atoms with Gasteiger partial charge in [-0.1, -0.05) is 32.1 Å². The summed E-state index contributed by atoms with van der Waals surface area (Å²) in [4.78, 5) is 39.6. The Balaban J connectivity index is 1.40. The molecule has 1 aromatic heterocycles. The maximum atomic E-state index is 13.4. The number of aromatic nitrogens is 2. The minimum Gasteiger partial charge on any atom is -0.337 e. The number of aryl methyl sites for hydroxylation is 2. The summed E-state index contributed by atoms with van der Waals surface area (Å²) in [5.74, 6) is 2.60. The fraction of sp³-hybridized carbons (Fsp3) is 0.760. The molecule has 5 rings (SSSR count). The first-order valence-corrected chi connectivity index (χ1v) is 12.4. The van der Waals surface area contributed by atoms with E-state index in [-0.39, 0.29) is 5.91 Å². The van der Waals surface area contributed by atoms with Gasteiger partial charge in [0, 0.05) is 37.3 Å². The van der Waals surface area contributed by atoms with Crippen LogP contribution in [0.1, 0.15) is 86.2 Å². The Morgan fingerprint density at radius 3 is 2.58 bits per heavy atom. The van der Waals surface area contributed by atoms with Crippen molar-refractivity contribution in [3.05, 3.63) is 23.3 Å². The number of hydrogen-bond donors (Lipinski definition) is 0. The molecule has 168 valence electrons. The first-order valence-electron chi connectivity index (χ1n) is 12.4. The van der Waals surface area contributed by atoms with Gasteiger partial charge in [-0.15, -0.1) is 0 Å². The molecular formula is C25H36N4O2. The van der Waals surface area contributed by atoms with Crippen molar-refractivity contribution in [2.45, 2.75) is 90.1 Å². The van der Waals surface area contributed by atoms with Gasteiger partial charge in [0.1, 0.15) is 11.5 Å². The Kier molecular flexibility index (Phi) is 5.74. The van der Waals surface area contributed by atoms with Crippen LogP contribution in [-0.4, -0.2) is 56.8 Å². The highest BCUT2D eigenvalue weighted by atomic mass is 16.2. The predicted octanol–water partition coefficient (Wildman–Crippen LogP) is 3.91. The van der Waals surface area contributed by atoms with Gasteiger partial charge in [0.05, 0.1) is 0 Å². The van der Waals surface area contributed by atoms with Gasteiger partial charge in [-0.3, -0.25) is 9.59 Å². The number of piperidine rings is 3. The maximum absolute atomic E-state index is 13.4. The zero-order chi connectivity index (χ0) is 21.5. The van der Waals surface area contributed by atoms with Crippen LogP contribution in [0.5, 0.6) is 0 Å². The third-order valence-electron chi connectivity index (χ3n) is 8.27. The SMILES string of the molecule is Cc1cc(C(=O)N2C[C@H]3C[C@@H](C2)[C@H](CC2CCCCC2)N2C(=O)CCC[C@@H]32)nc(C)n1. The molecule has 1 aromatic rings. The summed E-state index contributed by atoms with van der Waals surface area (Å²) in [5, 5.41) is 0. The number of hydrogen-bond acceptors (Lipinski definition) is 4. The van der Waals surface area contributed by atoms with Gasteiger partial charge in [-0.05, 0) is 63.4 Å². The molecule has 31 heavy (non-hydrogen) atoms. The third kappa shape index (κ3) is 4.10. The van der Waals surface area contributed by atoms with Crippen LogP contribution in [0.4, 0.5) is 0 Å². The molecule has 3 aliphatic heterocycles. The van der Waals surface area contributed by atoms with E-state index in [1.807, 2.05) is 24.8 Å². The molecule has 0 N–H and O–H groups in total. The van der Waals surface area contributed by atoms with E-state index in [2.05, 4.69) is 14.9 Å². The highest BCUT2D eigenvalue weighted by molar-refractivity contribution is 5.92. The lowest BCUT2D eigenvalue weighted by molar-refractivity contribution is -0.153. The van der Waals surface area contributed by atoms with Gasteiger partial charge < -0.3 is 9.80 Å². The van der Waals surface area contributed by atoms with E-state index in [1.54, 1.807) is 0 Å². The lowest BCUT2D eigenvalue weighted by Crippen LogP contribution is -2.65. The second-order valence-electron chi connectivity index (χ2n) is 10.5. The Morgan fingerprint density at radius 2 is 1.81 bits per heavy atom. The molecule has 1 saturated carbocycles. The van der Waals surface area contributed by atoms with Crippen LogP contribution < -0.4 is 0 Å². The summed E-state index contributed by atoms with van der Waals surface area (Å²) >= 11 is 0. The van der Waals surface area contributed by atoms with E-state index in [0.29, 0.717) is 47.8 Å². The highest BCUT2D eigenvalue weighted by Gasteiger charge is 2.50. The van der Waals surface area contributed by atoms with Crippen LogP contribution in [0.2, 0.25) is 0 Å². The van der Waals surface area contributed by atoms with E-state index in [1.165, 1.54) is 32.1 Å². The maximum Gasteiger partial charge on any atom is 0.272 e. The van der Waals surface area contributed by atoms with Crippen LogP contribution in [0, 0.1) is 31.6 Å². The molecule has 6 nitrogen and oxygen atoms in total. The third-order valence-corrected chi connectivity index (χ3v) is 8.27. The van der Waals surface area contributed by atoms with Crippen LogP contribution in [0.25, 0.3) is 0 Å². The van der Waals surface area contributed by atoms with Crippen molar-refractivity contribution in [3.8, 4) is 0 Å². The Bertz CT molecular complexity index is 830. The van der Waals surface area contributed by atoms with Crippen molar-refractivity contribution in [2.75, 3.05) is 13.1 Å². The van der Waals surface area contributed by atoms with Gasteiger partial charge in [-0.2, -0.15) is 0 Å². The fourth-order valence-corrected chi connectivity index (χ4v) is 7.00. The molecule has 4 fully saturated rings. The van der Waals surface area contributed by atoms with Crippen molar-refractivity contribution in [1.29, 1.82) is 0 Å². The number of nitrogens with zero attached hydrogens (tertiary/aromatic N) is 4. The molecule has 1 aliphatic carbocycles. The monoisotopic (exact) mass is 424 g/mol. The molecule has 0 unspecified atom stereocenters. The number of amides is 2. The average molecular weight is 425 g/mol. The smallest absolute Gasteiger partial charge is 0.272 e. The Hall–Kier alpha value is -1.98. The number of carbonyl (C=O) groups is 2. The molecule has 0 spiro atoms. The Morgan fingerprint density at radius 1 is 1.03 bits per heavy atom. The molecule has 0 aromatic carbocycles. The van der Waals surface area contributed by atoms with Crippen molar-refractivity contribution < 1.29 is 9.59 Å². The molecular weight excluding hydrogens is 388 g/mol. The van der Waals surface area contributed by atoms with Gasteiger partial charge >= 0.3 is 0 Å². The topological polar surface area (TPSA) is 66.4 Å². The zero-order valence-corrected chi connectivity index (χ0v) is 19.1. The molecule has 2 bridgehead atoms. The summed E-state index contributed by atoms with van der Waals surface area (Å²) in [5.41, 5.74) is 1.36. The second kappa shape index (κ2) is 8.51. The van der Waals surface area contributed by atoms with Crippen LogP contribution in [0.15, 0.2) is 6.07 Å². The lowest BCUT2D eigenvalue weighted by Gasteiger charge is -2.57. The summed E-state index contributed by atoms with van der Waals surface area (Å²) in [6.45, 7) is 5.27. The standard InChI is InChI=1S/C25H36N4O2/c1-16-11-21(27-17(2)26-16)25(31)28-14-19-13-20(15-28)23(12-18-7-4-3-5-8-18)29-22(19)9-6-10-24(29)30/h11,18-20,22-23H,3-10,12-15H2,1-2H3/t19-,20+,22+,23+/m1/s1. The van der Waals surface area contributed by atoms with Crippen LogP contribution in [0.3, 0.4) is 0 Å². The predicted molar refractivity (Wildman–Crippen MR) is 118 cm³/mol. The van der Waals surface area contributed by atoms with Crippen molar-refractivity contribution >= 4 is 11.8 Å². The summed E-state index contributed by atoms with van der Waals surface area (Å²) in [7, 11) is 0. The molecule has 3 saturated heterocycles. The number of likely N-dealkylation sites (tertiary alicyclic amines) is 1. The van der Waals surface area contributed by atoms with Crippen LogP contribution >= 0.6 is 0 Å². The average Bonchev–Trinajstić information content (AvgIpc) is 2.76. The number of carbonyl (C=O) groups excluding carboxylic acids is 2. The first-order chi connectivity index (χ1) is 15.0. The van der Waals surface area contributed by atoms with Gasteiger partial charge in [0.2, 0.25) is 5.91 Å². The normalized spacial score (nSPS) is 31.5. The van der Waals surface area contributed by atoms with Crippen LogP contribution in [-0.2, 0) is 4.79 Å². The molecule has 0 radical (unpaired) electrons. The quantitative estimate of drug-likeness (QED) is 0.738. The van der Waals surface area contributed by atoms with Crippen molar-refractivity contribution in [2.24, 2.45) is 17.8 Å². The fourth-order valence-electron chi connectivity index (χ4n) is 7.00. The van der Waals surface area contributed by atoms with Gasteiger partial charge in [-0.25, -0.2) is 9.97 Å². The summed E-state index contributed by atoms with van der Waals surface area (Å²) in [6, 6.07) is 2.44. The van der Waals surface area contributed by atoms with Gasteiger partial charge in [0.15, 0.2) is 0 Å². The molecule has 4 atom stereocenters. The van der Waals surface area contributed by atoms with Gasteiger partial charge in [0.25, 0.3) is 5.91 Å². The lowest BCUT2D eigenvalue weighted by atomic mass is 9.69. The molecule has 6 heteroatoms. The Labute approximate surface area is 185 Å². The highest BCUT2D eigenvalue weighted by Crippen LogP contribution is 2.44. The van der Waals surface area contributed by atoms with E-state index in [4.69, 9.17) is 0 Å². The van der Waals surface area contributed by atoms with Crippen molar-refractivity contribution in [1.82, 2.24) is 19.8 Å². The van der Waals surface area contributed by atoms with E-state index >= 15 is 0 Å². The molecule has 4 aliphatic rings. The summed E-state index contributed by atoms with van der Waals surface area (Å²) < 4.78 is 0. The van der Waals surface area contributed by atoms with E-state index < -0.39 is 0 Å². The zero-order valence-electron chi connectivity index (χ0n) is 19.1. The molecule has 4 heterocycles. The minimum atomic E-state index is 0.0373. The largest absolute Gasteiger partial charge is 0.337 e.